The van der Waals surface area contributed by atoms with E-state index in [2.05, 4.69) is 23.8 Å². The molecular weight excluding hydrogens is 945 g/mol. The van der Waals surface area contributed by atoms with E-state index in [1.807, 2.05) is 13.8 Å². The van der Waals surface area contributed by atoms with Gasteiger partial charge >= 0.3 is 73.6 Å². The molecule has 4 heterocycles. The highest BCUT2D eigenvalue weighted by Crippen LogP contribution is 2.47. The molecule has 7 unspecified atom stereocenters. The van der Waals surface area contributed by atoms with Crippen molar-refractivity contribution in [2.24, 2.45) is 0 Å². The number of rotatable bonds is 18. The van der Waals surface area contributed by atoms with Crippen LogP contribution < -0.4 is 10.6 Å². The zero-order valence-corrected chi connectivity index (χ0v) is 43.6. The van der Waals surface area contributed by atoms with E-state index in [4.69, 9.17) is 58.7 Å². The summed E-state index contributed by atoms with van der Waals surface area (Å²) in [5, 5.41) is 4.79. The minimum atomic E-state index is -4.02. The summed E-state index contributed by atoms with van der Waals surface area (Å²) in [4.78, 5) is 48.4. The maximum atomic E-state index is 12.6. The third-order valence-corrected chi connectivity index (χ3v) is 40.5. The van der Waals surface area contributed by atoms with Gasteiger partial charge in [0.05, 0.1) is 13.1 Å². The SMILES string of the molecule is C=C(C)C(=O)OCCNC(=O)SCCC[Si]12OSO[Si]3(C)O[Si](C)(O[Si]4(C)O[Si](C)(O[Si](C)(OC(C)C)O[Si](CCCSC(=O)NCCOC(=O)C(=C)C)(O3)O4)O1)O2. The van der Waals surface area contributed by atoms with Gasteiger partial charge in [-0.2, -0.15) is 0 Å². The molecule has 6 bridgehead atoms. The maximum absolute atomic E-state index is 12.6. The van der Waals surface area contributed by atoms with Crippen LogP contribution in [0.4, 0.5) is 9.59 Å². The highest BCUT2D eigenvalue weighted by molar-refractivity contribution is 8.13. The molecule has 0 aliphatic carbocycles. The summed E-state index contributed by atoms with van der Waals surface area (Å²) < 4.78 is 90.6. The van der Waals surface area contributed by atoms with Gasteiger partial charge < -0.3 is 61.6 Å². The fourth-order valence-electron chi connectivity index (χ4n) is 5.89. The van der Waals surface area contributed by atoms with E-state index in [-0.39, 0.29) is 66.1 Å². The number of esters is 2. The Balaban J connectivity index is 1.51. The van der Waals surface area contributed by atoms with Gasteiger partial charge in [-0.1, -0.05) is 36.7 Å². The summed E-state index contributed by atoms with van der Waals surface area (Å²) in [5.74, 6) is -0.367. The summed E-state index contributed by atoms with van der Waals surface area (Å²) in [6.45, 7) is 22.5. The summed E-state index contributed by atoms with van der Waals surface area (Å²) >= 11 is 2.70. The van der Waals surface area contributed by atoms with Gasteiger partial charge in [0.15, 0.2) is 0 Å². The summed E-state index contributed by atoms with van der Waals surface area (Å²) in [6, 6.07) is 0.366. The van der Waals surface area contributed by atoms with Gasteiger partial charge in [0.25, 0.3) is 10.5 Å². The number of carbonyl (C=O) groups excluding carboxylic acids is 4. The third-order valence-electron chi connectivity index (χ3n) is 7.61. The third kappa shape index (κ3) is 15.1. The van der Waals surface area contributed by atoms with E-state index < -0.39 is 73.6 Å². The molecule has 4 aliphatic heterocycles. The molecule has 0 aromatic heterocycles. The lowest BCUT2D eigenvalue weighted by Gasteiger charge is -2.56. The lowest BCUT2D eigenvalue weighted by atomic mass is 10.4. The lowest BCUT2D eigenvalue weighted by Crippen LogP contribution is -2.81. The molecule has 4 rings (SSSR count). The molecule has 4 fully saturated rings. The number of thioether (sulfide) groups is 2. The Morgan fingerprint density at radius 3 is 1.53 bits per heavy atom. The van der Waals surface area contributed by atoms with Gasteiger partial charge in [-0.15, -0.1) is 0 Å². The topological polar surface area (TPSA) is 222 Å². The van der Waals surface area contributed by atoms with Gasteiger partial charge in [0.1, 0.15) is 25.5 Å². The molecule has 0 aromatic rings. The molecule has 4 saturated heterocycles. The van der Waals surface area contributed by atoms with Crippen LogP contribution in [-0.2, 0) is 68.3 Å². The minimum Gasteiger partial charge on any atom is -0.460 e. The predicted octanol–water partition coefficient (Wildman–Crippen LogP) is 4.84. The van der Waals surface area contributed by atoms with E-state index in [0.29, 0.717) is 36.7 Å². The Morgan fingerprint density at radius 1 is 0.621 bits per heavy atom. The van der Waals surface area contributed by atoms with Gasteiger partial charge in [-0.25, -0.2) is 9.59 Å². The first-order chi connectivity index (χ1) is 26.9. The molecule has 30 heteroatoms. The Morgan fingerprint density at radius 2 is 1.05 bits per heavy atom. The van der Waals surface area contributed by atoms with Gasteiger partial charge in [-0.3, -0.25) is 17.3 Å². The van der Waals surface area contributed by atoms with Crippen LogP contribution in [0.5, 0.6) is 0 Å². The molecule has 4 aliphatic rings. The van der Waals surface area contributed by atoms with Crippen LogP contribution in [0.15, 0.2) is 24.3 Å². The normalized spacial score (nSPS) is 34.4. The molecule has 2 N–H and O–H groups in total. The second kappa shape index (κ2) is 20.8. The average molecular weight is 1000 g/mol. The molecule has 0 radical (unpaired) electrons. The van der Waals surface area contributed by atoms with Crippen LogP contribution in [0.2, 0.25) is 44.8 Å². The number of hydrogen-bond donors (Lipinski definition) is 2. The van der Waals surface area contributed by atoms with E-state index in [1.165, 1.54) is 0 Å². The average Bonchev–Trinajstić information content (AvgIpc) is 3.05. The summed E-state index contributed by atoms with van der Waals surface area (Å²) in [7, 11) is -27.2. The van der Waals surface area contributed by atoms with Crippen LogP contribution in [0, 0.1) is 0 Å². The highest BCUT2D eigenvalue weighted by Gasteiger charge is 2.75. The molecule has 0 aromatic carbocycles. The fourth-order valence-corrected chi connectivity index (χ4v) is 45.9. The van der Waals surface area contributed by atoms with Crippen molar-refractivity contribution in [1.29, 1.82) is 0 Å². The van der Waals surface area contributed by atoms with E-state index in [1.54, 1.807) is 46.6 Å². The Labute approximate surface area is 360 Å². The zero-order valence-electron chi connectivity index (χ0n) is 34.1. The van der Waals surface area contributed by atoms with Gasteiger partial charge in [-0.05, 0) is 40.5 Å². The molecular formula is C28H54N2O18S3Si7. The molecule has 7 atom stereocenters. The first-order valence-corrected chi connectivity index (χ1v) is 36.0. The first-order valence-electron chi connectivity index (χ1n) is 18.4. The summed E-state index contributed by atoms with van der Waals surface area (Å²) in [6.07, 6.45) is 0.412. The molecule has 20 nitrogen and oxygen atoms in total. The number of nitrogens with one attached hydrogen (secondary N) is 2. The van der Waals surface area contributed by atoms with Crippen LogP contribution >= 0.6 is 35.8 Å². The quantitative estimate of drug-likeness (QED) is 0.0617. The van der Waals surface area contributed by atoms with Gasteiger partial charge in [0.2, 0.25) is 0 Å². The molecule has 58 heavy (non-hydrogen) atoms. The highest BCUT2D eigenvalue weighted by atomic mass is 32.2. The lowest BCUT2D eigenvalue weighted by molar-refractivity contribution is -0.139. The van der Waals surface area contributed by atoms with Crippen molar-refractivity contribution < 1.29 is 77.9 Å². The van der Waals surface area contributed by atoms with Crippen molar-refractivity contribution >= 4 is 120 Å². The van der Waals surface area contributed by atoms with Crippen molar-refractivity contribution in [3.63, 3.8) is 0 Å². The van der Waals surface area contributed by atoms with E-state index in [9.17, 15) is 19.2 Å². The van der Waals surface area contributed by atoms with Crippen molar-refractivity contribution in [3.05, 3.63) is 24.3 Å². The van der Waals surface area contributed by atoms with Crippen LogP contribution in [0.25, 0.3) is 0 Å². The number of fused-ring (bicyclic) bond motifs is 4. The molecule has 330 valence electrons. The number of amides is 2. The first kappa shape index (κ1) is 50.1. The van der Waals surface area contributed by atoms with Crippen LogP contribution in [-0.4, -0.2) is 128 Å². The van der Waals surface area contributed by atoms with E-state index >= 15 is 0 Å². The largest absolute Gasteiger partial charge is 0.499 e. The minimum absolute atomic E-state index is 0.00899. The van der Waals surface area contributed by atoms with Crippen molar-refractivity contribution in [1.82, 2.24) is 10.6 Å². The van der Waals surface area contributed by atoms with E-state index in [0.717, 1.165) is 23.5 Å². The molecule has 0 spiro atoms. The van der Waals surface area contributed by atoms with Crippen LogP contribution in [0.3, 0.4) is 0 Å². The van der Waals surface area contributed by atoms with Crippen molar-refractivity contribution in [3.8, 4) is 0 Å². The van der Waals surface area contributed by atoms with Gasteiger partial charge in [0, 0.05) is 73.6 Å². The predicted molar refractivity (Wildman–Crippen MR) is 227 cm³/mol. The second-order valence-electron chi connectivity index (χ2n) is 14.2. The Hall–Kier alpha value is -0.552. The number of hydrogen-bond acceptors (Lipinski definition) is 21. The fraction of sp³-hybridized carbons (Fsp3) is 0.714. The smallest absolute Gasteiger partial charge is 0.460 e. The monoisotopic (exact) mass is 998 g/mol. The Bertz CT molecular complexity index is 1560. The summed E-state index contributed by atoms with van der Waals surface area (Å²) in [5.41, 5.74) is 0.541. The second-order valence-corrected chi connectivity index (χ2v) is 37.7. The number of ether oxygens (including phenoxy) is 2. The molecule has 2 amide bonds. The van der Waals surface area contributed by atoms with Crippen molar-refractivity contribution in [2.45, 2.75) is 91.5 Å². The Kier molecular flexibility index (Phi) is 17.9. The number of carbonyl (C=O) groups is 4. The maximum Gasteiger partial charge on any atom is 0.499 e. The van der Waals surface area contributed by atoms with Crippen molar-refractivity contribution in [2.75, 3.05) is 37.8 Å². The molecule has 0 saturated carbocycles. The standard InChI is InChI=1S/C28H54N2O18S3Si7/c1-22(2)25(31)35-16-14-29-27(33)49-18-12-20-57-39-51-38-53(8)41-55(10,47-57)43-56(11)42-54(9,46-57)40-52(7,37-24(5)6)44-58(45-53,48-56)21-13-19-50-28(34)30-15-17-36-26(32)23(3)4/h24H,1,3,12-21H2,2,4-11H3,(H,29,33)(H,30,34). The zero-order chi connectivity index (χ0) is 43.0. The van der Waals surface area contributed by atoms with Crippen LogP contribution in [0.1, 0.15) is 40.5 Å².